The van der Waals surface area contributed by atoms with Gasteiger partial charge < -0.3 is 5.11 Å². The number of aliphatic carboxylic acids is 1. The van der Waals surface area contributed by atoms with Gasteiger partial charge in [0.05, 0.1) is 5.02 Å². The van der Waals surface area contributed by atoms with E-state index >= 15 is 0 Å². The van der Waals surface area contributed by atoms with Crippen LogP contribution in [0.2, 0.25) is 5.02 Å². The Bertz CT molecular complexity index is 691. The lowest BCUT2D eigenvalue weighted by Crippen LogP contribution is -1.91. The summed E-state index contributed by atoms with van der Waals surface area (Å²) < 4.78 is 13.9. The maximum atomic E-state index is 13.9. The van der Waals surface area contributed by atoms with Gasteiger partial charge >= 0.3 is 5.97 Å². The lowest BCUT2D eigenvalue weighted by Gasteiger charge is -2.05. The van der Waals surface area contributed by atoms with Gasteiger partial charge in [0, 0.05) is 18.0 Å². The summed E-state index contributed by atoms with van der Waals surface area (Å²) in [6, 6.07) is 8.05. The standard InChI is InChI=1S/C15H11ClFNO2S/c16-12-2-1-7-18-15(12)21-9-11-5-3-10(8-13(11)17)4-6-14(19)20/h1-8H,9H2,(H,19,20). The van der Waals surface area contributed by atoms with E-state index < -0.39 is 5.97 Å². The molecule has 1 N–H and O–H groups in total. The lowest BCUT2D eigenvalue weighted by atomic mass is 10.1. The molecule has 0 atom stereocenters. The Morgan fingerprint density at radius 2 is 2.24 bits per heavy atom. The van der Waals surface area contributed by atoms with Crippen molar-refractivity contribution >= 4 is 35.4 Å². The second-order valence-corrected chi connectivity index (χ2v) is 5.47. The number of carboxylic acid groups (broad SMARTS) is 1. The smallest absolute Gasteiger partial charge is 0.328 e. The molecule has 0 saturated carbocycles. The van der Waals surface area contributed by atoms with E-state index in [0.717, 1.165) is 6.08 Å². The first-order chi connectivity index (χ1) is 10.1. The fourth-order valence-electron chi connectivity index (χ4n) is 1.58. The maximum absolute atomic E-state index is 13.9. The van der Waals surface area contributed by atoms with Crippen molar-refractivity contribution in [3.05, 3.63) is 64.6 Å². The Balaban J connectivity index is 2.08. The molecule has 0 spiro atoms. The number of aromatic nitrogens is 1. The highest BCUT2D eigenvalue weighted by molar-refractivity contribution is 7.98. The van der Waals surface area contributed by atoms with Gasteiger partial charge in [-0.25, -0.2) is 14.2 Å². The first kappa shape index (κ1) is 15.5. The van der Waals surface area contributed by atoms with Crippen LogP contribution in [0.5, 0.6) is 0 Å². The minimum atomic E-state index is -1.07. The summed E-state index contributed by atoms with van der Waals surface area (Å²) in [5.74, 6) is -1.06. The zero-order valence-electron chi connectivity index (χ0n) is 10.8. The SMILES string of the molecule is O=C(O)C=Cc1ccc(CSc2ncccc2Cl)c(F)c1. The van der Waals surface area contributed by atoms with Crippen LogP contribution < -0.4 is 0 Å². The van der Waals surface area contributed by atoms with E-state index in [1.807, 2.05) is 0 Å². The lowest BCUT2D eigenvalue weighted by molar-refractivity contribution is -0.131. The number of nitrogens with zero attached hydrogens (tertiary/aromatic N) is 1. The van der Waals surface area contributed by atoms with E-state index in [0.29, 0.717) is 26.9 Å². The Morgan fingerprint density at radius 3 is 2.90 bits per heavy atom. The van der Waals surface area contributed by atoms with Gasteiger partial charge in [-0.3, -0.25) is 0 Å². The number of pyridine rings is 1. The van der Waals surface area contributed by atoms with Crippen LogP contribution in [0.4, 0.5) is 4.39 Å². The topological polar surface area (TPSA) is 50.2 Å². The summed E-state index contributed by atoms with van der Waals surface area (Å²) in [6.45, 7) is 0. The monoisotopic (exact) mass is 323 g/mol. The predicted molar refractivity (Wildman–Crippen MR) is 81.9 cm³/mol. The largest absolute Gasteiger partial charge is 0.478 e. The average Bonchev–Trinajstić information content (AvgIpc) is 2.45. The summed E-state index contributed by atoms with van der Waals surface area (Å²) in [4.78, 5) is 14.5. The highest BCUT2D eigenvalue weighted by Crippen LogP contribution is 2.28. The molecule has 0 amide bonds. The minimum Gasteiger partial charge on any atom is -0.478 e. The number of halogens is 2. The number of benzene rings is 1. The van der Waals surface area contributed by atoms with Gasteiger partial charge in [0.1, 0.15) is 10.8 Å². The van der Waals surface area contributed by atoms with Gasteiger partial charge in [0.25, 0.3) is 0 Å². The molecule has 0 aliphatic heterocycles. The molecule has 0 fully saturated rings. The molecule has 0 saturated heterocycles. The van der Waals surface area contributed by atoms with Crippen molar-refractivity contribution in [2.24, 2.45) is 0 Å². The Hall–Kier alpha value is -1.85. The van der Waals surface area contributed by atoms with Gasteiger partial charge in [0.2, 0.25) is 0 Å². The zero-order valence-corrected chi connectivity index (χ0v) is 12.4. The highest BCUT2D eigenvalue weighted by Gasteiger charge is 2.06. The Kier molecular flexibility index (Phi) is 5.36. The molecule has 1 heterocycles. The average molecular weight is 324 g/mol. The number of thioether (sulfide) groups is 1. The first-order valence-corrected chi connectivity index (χ1v) is 7.35. The fraction of sp³-hybridized carbons (Fsp3) is 0.0667. The van der Waals surface area contributed by atoms with Crippen LogP contribution in [0.25, 0.3) is 6.08 Å². The number of hydrogen-bond donors (Lipinski definition) is 1. The van der Waals surface area contributed by atoms with Gasteiger partial charge in [-0.05, 0) is 35.4 Å². The Labute approximate surface area is 130 Å². The van der Waals surface area contributed by atoms with E-state index in [2.05, 4.69) is 4.98 Å². The molecule has 0 aliphatic rings. The zero-order chi connectivity index (χ0) is 15.2. The fourth-order valence-corrected chi connectivity index (χ4v) is 2.73. The molecule has 0 unspecified atom stereocenters. The molecule has 3 nitrogen and oxygen atoms in total. The third kappa shape index (κ3) is 4.58. The number of carboxylic acids is 1. The van der Waals surface area contributed by atoms with Crippen molar-refractivity contribution in [2.45, 2.75) is 10.8 Å². The Morgan fingerprint density at radius 1 is 1.43 bits per heavy atom. The van der Waals surface area contributed by atoms with Gasteiger partial charge in [-0.1, -0.05) is 23.7 Å². The highest BCUT2D eigenvalue weighted by atomic mass is 35.5. The predicted octanol–water partition coefficient (Wildman–Crippen LogP) is 4.26. The van der Waals surface area contributed by atoms with Crippen molar-refractivity contribution in [1.82, 2.24) is 4.98 Å². The molecular weight excluding hydrogens is 313 g/mol. The summed E-state index contributed by atoms with van der Waals surface area (Å²) in [5, 5.41) is 9.71. The van der Waals surface area contributed by atoms with Crippen LogP contribution in [0.15, 0.2) is 47.6 Å². The van der Waals surface area contributed by atoms with Crippen LogP contribution in [0.1, 0.15) is 11.1 Å². The molecule has 0 radical (unpaired) electrons. The molecule has 1 aromatic heterocycles. The van der Waals surface area contributed by atoms with Crippen LogP contribution in [0.3, 0.4) is 0 Å². The molecule has 2 rings (SSSR count). The van der Waals surface area contributed by atoms with Gasteiger partial charge in [-0.2, -0.15) is 0 Å². The van der Waals surface area contributed by atoms with Crippen LogP contribution in [-0.2, 0) is 10.5 Å². The van der Waals surface area contributed by atoms with Gasteiger partial charge in [0.15, 0.2) is 0 Å². The van der Waals surface area contributed by atoms with Crippen LogP contribution in [-0.4, -0.2) is 16.1 Å². The third-order valence-electron chi connectivity index (χ3n) is 2.58. The van der Waals surface area contributed by atoms with Crippen LogP contribution in [0, 0.1) is 5.82 Å². The van der Waals surface area contributed by atoms with Crippen LogP contribution >= 0.6 is 23.4 Å². The summed E-state index contributed by atoms with van der Waals surface area (Å²) >= 11 is 7.33. The molecule has 1 aromatic carbocycles. The molecule has 6 heteroatoms. The summed E-state index contributed by atoms with van der Waals surface area (Å²) in [5.41, 5.74) is 1.01. The van der Waals surface area contributed by atoms with Crippen molar-refractivity contribution in [3.63, 3.8) is 0 Å². The summed E-state index contributed by atoms with van der Waals surface area (Å²) in [6.07, 6.45) is 3.94. The maximum Gasteiger partial charge on any atom is 0.328 e. The normalized spacial score (nSPS) is 11.0. The van der Waals surface area contributed by atoms with Crippen molar-refractivity contribution in [1.29, 1.82) is 0 Å². The minimum absolute atomic E-state index is 0.387. The molecular formula is C15H11ClFNO2S. The molecule has 0 bridgehead atoms. The second kappa shape index (κ2) is 7.24. The van der Waals surface area contributed by atoms with Gasteiger partial charge in [-0.15, -0.1) is 11.8 Å². The number of rotatable bonds is 5. The molecule has 108 valence electrons. The van der Waals surface area contributed by atoms with E-state index in [9.17, 15) is 9.18 Å². The third-order valence-corrected chi connectivity index (χ3v) is 4.06. The number of hydrogen-bond acceptors (Lipinski definition) is 3. The van der Waals surface area contributed by atoms with Crippen molar-refractivity contribution < 1.29 is 14.3 Å². The molecule has 21 heavy (non-hydrogen) atoms. The van der Waals surface area contributed by atoms with E-state index in [4.69, 9.17) is 16.7 Å². The summed E-state index contributed by atoms with van der Waals surface area (Å²) in [7, 11) is 0. The quantitative estimate of drug-likeness (QED) is 0.659. The van der Waals surface area contributed by atoms with Crippen molar-refractivity contribution in [2.75, 3.05) is 0 Å². The van der Waals surface area contributed by atoms with E-state index in [1.54, 1.807) is 30.5 Å². The van der Waals surface area contributed by atoms with E-state index in [-0.39, 0.29) is 5.82 Å². The van der Waals surface area contributed by atoms with Crippen molar-refractivity contribution in [3.8, 4) is 0 Å². The molecule has 0 aliphatic carbocycles. The first-order valence-electron chi connectivity index (χ1n) is 5.99. The number of carbonyl (C=O) groups is 1. The molecule has 2 aromatic rings. The second-order valence-electron chi connectivity index (χ2n) is 4.10. The van der Waals surface area contributed by atoms with E-state index in [1.165, 1.54) is 23.9 Å².